The summed E-state index contributed by atoms with van der Waals surface area (Å²) >= 11 is 0. The van der Waals surface area contributed by atoms with E-state index in [-0.39, 0.29) is 25.3 Å². The van der Waals surface area contributed by atoms with Crippen LogP contribution in [0.3, 0.4) is 0 Å². The number of urea groups is 1. The van der Waals surface area contributed by atoms with Gasteiger partial charge in [-0.1, -0.05) is 0 Å². The lowest BCUT2D eigenvalue weighted by molar-refractivity contribution is -0.142. The lowest BCUT2D eigenvalue weighted by Crippen LogP contribution is -2.49. The topological polar surface area (TPSA) is 79.3 Å². The molecule has 1 saturated heterocycles. The molecule has 2 atom stereocenters. The molecule has 2 amide bonds. The van der Waals surface area contributed by atoms with Crippen LogP contribution in [0.1, 0.15) is 13.8 Å². The summed E-state index contributed by atoms with van der Waals surface area (Å²) in [6, 6.07) is -0.646. The van der Waals surface area contributed by atoms with Crippen LogP contribution in [0.25, 0.3) is 0 Å². The molecule has 7 heteroatoms. The van der Waals surface area contributed by atoms with Gasteiger partial charge in [0.15, 0.2) is 0 Å². The Morgan fingerprint density at radius 3 is 2.55 bits per heavy atom. The molecule has 116 valence electrons. The summed E-state index contributed by atoms with van der Waals surface area (Å²) in [5, 5.41) is 9.10. The average molecular weight is 288 g/mol. The van der Waals surface area contributed by atoms with Crippen LogP contribution < -0.4 is 0 Å². The number of rotatable bonds is 6. The number of nitrogens with zero attached hydrogens (tertiary/aromatic N) is 2. The molecule has 1 aliphatic rings. The van der Waals surface area contributed by atoms with Gasteiger partial charge < -0.3 is 24.4 Å². The highest BCUT2D eigenvalue weighted by atomic mass is 16.5. The van der Waals surface area contributed by atoms with E-state index in [4.69, 9.17) is 14.6 Å². The van der Waals surface area contributed by atoms with Crippen molar-refractivity contribution in [2.24, 2.45) is 5.92 Å². The number of carboxylic acids is 1. The Labute approximate surface area is 119 Å². The first-order valence-corrected chi connectivity index (χ1v) is 6.74. The molecule has 0 radical (unpaired) electrons. The van der Waals surface area contributed by atoms with Crippen LogP contribution >= 0.6 is 0 Å². The van der Waals surface area contributed by atoms with Crippen molar-refractivity contribution in [2.45, 2.75) is 26.0 Å². The van der Waals surface area contributed by atoms with E-state index < -0.39 is 17.9 Å². The zero-order valence-corrected chi connectivity index (χ0v) is 12.5. The SMILES string of the molecule is CC(C)OCCN(C)C(=O)N(C)C1COCC1C(=O)O. The predicted octanol–water partition coefficient (Wildman–Crippen LogP) is 0.495. The highest BCUT2D eigenvalue weighted by molar-refractivity contribution is 5.77. The van der Waals surface area contributed by atoms with Gasteiger partial charge >= 0.3 is 12.0 Å². The van der Waals surface area contributed by atoms with Gasteiger partial charge in [0.25, 0.3) is 0 Å². The largest absolute Gasteiger partial charge is 0.481 e. The molecule has 0 aromatic carbocycles. The number of hydrogen-bond acceptors (Lipinski definition) is 4. The molecule has 0 saturated carbocycles. The van der Waals surface area contributed by atoms with Crippen molar-refractivity contribution in [3.05, 3.63) is 0 Å². The minimum atomic E-state index is -0.932. The van der Waals surface area contributed by atoms with Crippen LogP contribution in [0.2, 0.25) is 0 Å². The molecule has 0 bridgehead atoms. The van der Waals surface area contributed by atoms with Gasteiger partial charge in [0.05, 0.1) is 32.0 Å². The number of ether oxygens (including phenoxy) is 2. The van der Waals surface area contributed by atoms with Gasteiger partial charge in [0, 0.05) is 20.6 Å². The van der Waals surface area contributed by atoms with E-state index in [2.05, 4.69) is 0 Å². The highest BCUT2D eigenvalue weighted by Crippen LogP contribution is 2.19. The van der Waals surface area contributed by atoms with E-state index in [0.29, 0.717) is 13.2 Å². The molecule has 1 heterocycles. The summed E-state index contributed by atoms with van der Waals surface area (Å²) in [7, 11) is 3.28. The molecule has 2 unspecified atom stereocenters. The second-order valence-corrected chi connectivity index (χ2v) is 5.28. The molecule has 0 spiro atoms. The zero-order chi connectivity index (χ0) is 15.3. The van der Waals surface area contributed by atoms with Crippen LogP contribution in [-0.4, -0.2) is 79.5 Å². The first-order valence-electron chi connectivity index (χ1n) is 6.74. The third-order valence-electron chi connectivity index (χ3n) is 3.37. The van der Waals surface area contributed by atoms with Gasteiger partial charge in [-0.25, -0.2) is 4.79 Å². The summed E-state index contributed by atoms with van der Waals surface area (Å²) in [6.07, 6.45) is 0.121. The number of amides is 2. The molecule has 1 rings (SSSR count). The molecular weight excluding hydrogens is 264 g/mol. The number of carbonyl (C=O) groups is 2. The quantitative estimate of drug-likeness (QED) is 0.769. The fourth-order valence-corrected chi connectivity index (χ4v) is 2.09. The van der Waals surface area contributed by atoms with Crippen molar-refractivity contribution in [3.63, 3.8) is 0 Å². The number of carbonyl (C=O) groups excluding carboxylic acids is 1. The summed E-state index contributed by atoms with van der Waals surface area (Å²) in [5.74, 6) is -1.60. The van der Waals surface area contributed by atoms with Crippen LogP contribution in [0.4, 0.5) is 4.79 Å². The molecule has 1 aliphatic heterocycles. The minimum Gasteiger partial charge on any atom is -0.481 e. The molecule has 1 N–H and O–H groups in total. The van der Waals surface area contributed by atoms with E-state index in [0.717, 1.165) is 0 Å². The summed E-state index contributed by atoms with van der Waals surface area (Å²) < 4.78 is 10.6. The van der Waals surface area contributed by atoms with Gasteiger partial charge in [-0.15, -0.1) is 0 Å². The molecular formula is C13H24N2O5. The third-order valence-corrected chi connectivity index (χ3v) is 3.37. The lowest BCUT2D eigenvalue weighted by Gasteiger charge is -2.30. The maximum atomic E-state index is 12.2. The Morgan fingerprint density at radius 2 is 2.00 bits per heavy atom. The van der Waals surface area contributed by atoms with E-state index in [1.54, 1.807) is 14.1 Å². The summed E-state index contributed by atoms with van der Waals surface area (Å²) in [4.78, 5) is 26.3. The standard InChI is InChI=1S/C13H24N2O5/c1-9(2)20-6-5-14(3)13(18)15(4)11-8-19-7-10(11)12(16)17/h9-11H,5-8H2,1-4H3,(H,16,17). The van der Waals surface area contributed by atoms with Gasteiger partial charge in [-0.05, 0) is 13.8 Å². The zero-order valence-electron chi connectivity index (χ0n) is 12.5. The van der Waals surface area contributed by atoms with E-state index in [9.17, 15) is 9.59 Å². The summed E-state index contributed by atoms with van der Waals surface area (Å²) in [5.41, 5.74) is 0. The van der Waals surface area contributed by atoms with Crippen LogP contribution in [0.5, 0.6) is 0 Å². The third kappa shape index (κ3) is 4.35. The van der Waals surface area contributed by atoms with Crippen molar-refractivity contribution < 1.29 is 24.2 Å². The maximum Gasteiger partial charge on any atom is 0.319 e. The minimum absolute atomic E-state index is 0.121. The van der Waals surface area contributed by atoms with Gasteiger partial charge in [-0.3, -0.25) is 4.79 Å². The van der Waals surface area contributed by atoms with Crippen molar-refractivity contribution in [2.75, 3.05) is 40.5 Å². The van der Waals surface area contributed by atoms with Crippen molar-refractivity contribution in [3.8, 4) is 0 Å². The Hall–Kier alpha value is -1.34. The van der Waals surface area contributed by atoms with Gasteiger partial charge in [0.1, 0.15) is 5.92 Å². The fourth-order valence-electron chi connectivity index (χ4n) is 2.09. The molecule has 0 aromatic rings. The van der Waals surface area contributed by atoms with Crippen LogP contribution in [0, 0.1) is 5.92 Å². The number of aliphatic carboxylic acids is 1. The van der Waals surface area contributed by atoms with E-state index in [1.807, 2.05) is 13.8 Å². The Bertz CT molecular complexity index is 348. The van der Waals surface area contributed by atoms with E-state index in [1.165, 1.54) is 9.80 Å². The van der Waals surface area contributed by atoms with E-state index >= 15 is 0 Å². The second-order valence-electron chi connectivity index (χ2n) is 5.28. The first-order chi connectivity index (χ1) is 9.34. The molecule has 0 aromatic heterocycles. The lowest BCUT2D eigenvalue weighted by atomic mass is 10.0. The monoisotopic (exact) mass is 288 g/mol. The Morgan fingerprint density at radius 1 is 1.35 bits per heavy atom. The van der Waals surface area contributed by atoms with Crippen molar-refractivity contribution >= 4 is 12.0 Å². The van der Waals surface area contributed by atoms with Crippen LogP contribution in [0.15, 0.2) is 0 Å². The van der Waals surface area contributed by atoms with Crippen molar-refractivity contribution in [1.82, 2.24) is 9.80 Å². The number of carboxylic acid groups (broad SMARTS) is 1. The maximum absolute atomic E-state index is 12.2. The fraction of sp³-hybridized carbons (Fsp3) is 0.846. The van der Waals surface area contributed by atoms with Gasteiger partial charge in [0.2, 0.25) is 0 Å². The highest BCUT2D eigenvalue weighted by Gasteiger charge is 2.39. The first kappa shape index (κ1) is 16.7. The normalized spacial score (nSPS) is 22.1. The second kappa shape index (κ2) is 7.44. The Kier molecular flexibility index (Phi) is 6.22. The predicted molar refractivity (Wildman–Crippen MR) is 72.6 cm³/mol. The number of likely N-dealkylation sites (N-methyl/N-ethyl adjacent to an activating group) is 2. The average Bonchev–Trinajstić information content (AvgIpc) is 2.85. The molecule has 0 aliphatic carbocycles. The number of hydrogen-bond donors (Lipinski definition) is 1. The molecule has 1 fully saturated rings. The van der Waals surface area contributed by atoms with Gasteiger partial charge in [-0.2, -0.15) is 0 Å². The molecule has 20 heavy (non-hydrogen) atoms. The Balaban J connectivity index is 2.51. The smallest absolute Gasteiger partial charge is 0.319 e. The van der Waals surface area contributed by atoms with Crippen LogP contribution in [-0.2, 0) is 14.3 Å². The molecule has 7 nitrogen and oxygen atoms in total. The summed E-state index contributed by atoms with van der Waals surface area (Å²) in [6.45, 7) is 5.19. The van der Waals surface area contributed by atoms with Crippen molar-refractivity contribution in [1.29, 1.82) is 0 Å².